The zero-order chi connectivity index (χ0) is 14.9. The average Bonchev–Trinajstić information content (AvgIpc) is 2.88. The van der Waals surface area contributed by atoms with Gasteiger partial charge in [-0.15, -0.1) is 18.9 Å². The Balaban J connectivity index is 0. The minimum absolute atomic E-state index is 0. The molecule has 1 aliphatic carbocycles. The molecule has 0 saturated heterocycles. The summed E-state index contributed by atoms with van der Waals surface area (Å²) in [6.07, 6.45) is 4.44. The van der Waals surface area contributed by atoms with Gasteiger partial charge in [0.15, 0.2) is 0 Å². The van der Waals surface area contributed by atoms with Gasteiger partial charge in [0, 0.05) is 5.41 Å². The minimum atomic E-state index is -0.0859. The van der Waals surface area contributed by atoms with Gasteiger partial charge in [0.25, 0.3) is 0 Å². The molecule has 0 bridgehead atoms. The van der Waals surface area contributed by atoms with Gasteiger partial charge in [-0.2, -0.15) is 5.57 Å². The Morgan fingerprint density at radius 1 is 0.760 bits per heavy atom. The zero-order valence-corrected chi connectivity index (χ0v) is 18.4. The van der Waals surface area contributed by atoms with E-state index in [-0.39, 0.29) is 64.4 Å². The maximum absolute atomic E-state index is 3.51. The fourth-order valence-corrected chi connectivity index (χ4v) is 3.32. The molecule has 0 nitrogen and oxygen atoms in total. The molecule has 0 heterocycles. The van der Waals surface area contributed by atoms with Crippen LogP contribution in [0.5, 0.6) is 0 Å². The van der Waals surface area contributed by atoms with Gasteiger partial charge in [0.2, 0.25) is 0 Å². The predicted molar refractivity (Wildman–Crippen MR) is 89.1 cm³/mol. The van der Waals surface area contributed by atoms with E-state index in [4.69, 9.17) is 0 Å². The summed E-state index contributed by atoms with van der Waals surface area (Å²) in [7, 11) is 0. The Kier molecular flexibility index (Phi) is 12.0. The van der Waals surface area contributed by atoms with Crippen molar-refractivity contribution in [2.75, 3.05) is 0 Å². The Morgan fingerprint density at radius 3 is 1.48 bits per heavy atom. The van der Waals surface area contributed by atoms with Gasteiger partial charge in [0.05, 0.1) is 0 Å². The van der Waals surface area contributed by atoms with E-state index in [0.29, 0.717) is 0 Å². The molecule has 0 aromatic heterocycles. The molecule has 0 N–H and O–H groups in total. The maximum Gasteiger partial charge on any atom is 4.00 e. The smallest absolute Gasteiger partial charge is 1.00 e. The molecule has 0 amide bonds. The Morgan fingerprint density at radius 2 is 1.16 bits per heavy atom. The molecule has 2 aromatic rings. The van der Waals surface area contributed by atoms with E-state index in [1.807, 2.05) is 0 Å². The van der Waals surface area contributed by atoms with E-state index in [9.17, 15) is 0 Å². The van der Waals surface area contributed by atoms with Crippen LogP contribution in [-0.2, 0) is 27.1 Å². The molecule has 0 fully saturated rings. The summed E-state index contributed by atoms with van der Waals surface area (Å²) in [6, 6.07) is 21.6. The van der Waals surface area contributed by atoms with E-state index in [2.05, 4.69) is 87.5 Å². The number of hydrogen-bond acceptors (Lipinski definition) is 0. The molecule has 3 rings (SSSR count). The van der Waals surface area contributed by atoms with Crippen LogP contribution in [0.15, 0.2) is 77.4 Å². The molecule has 0 saturated carbocycles. The number of benzene rings is 2. The summed E-state index contributed by atoms with van der Waals surface area (Å²) in [5.74, 6) is 0. The summed E-state index contributed by atoms with van der Waals surface area (Å²) >= 11 is 0. The van der Waals surface area contributed by atoms with Crippen LogP contribution in [0.25, 0.3) is 0 Å². The number of rotatable bonds is 3. The maximum atomic E-state index is 3.51. The van der Waals surface area contributed by atoms with E-state index in [0.717, 1.165) is 6.42 Å². The van der Waals surface area contributed by atoms with E-state index < -0.39 is 0 Å². The van der Waals surface area contributed by atoms with E-state index in [1.165, 1.54) is 27.8 Å². The van der Waals surface area contributed by atoms with Crippen LogP contribution in [-0.4, -0.2) is 0 Å². The van der Waals surface area contributed by atoms with Gasteiger partial charge in [-0.1, -0.05) is 67.6 Å². The predicted octanol–water partition coefficient (Wildman–Crippen LogP) is -3.53. The van der Waals surface area contributed by atoms with Crippen molar-refractivity contribution in [3.05, 3.63) is 94.6 Å². The molecule has 0 unspecified atom stereocenters. The van der Waals surface area contributed by atoms with Crippen LogP contribution in [0.2, 0.25) is 0 Å². The minimum Gasteiger partial charge on any atom is -1.00 e. The molecule has 0 radical (unpaired) electrons. The quantitative estimate of drug-likeness (QED) is 0.352. The largest absolute Gasteiger partial charge is 4.00 e. The van der Waals surface area contributed by atoms with Crippen molar-refractivity contribution in [3.8, 4) is 0 Å². The first-order valence-electron chi connectivity index (χ1n) is 7.53. The van der Waals surface area contributed by atoms with E-state index >= 15 is 0 Å². The molecule has 4 heteroatoms. The van der Waals surface area contributed by atoms with Crippen LogP contribution in [0, 0.1) is 6.08 Å². The summed E-state index contributed by atoms with van der Waals surface area (Å²) in [5, 5.41) is 0. The van der Waals surface area contributed by atoms with Gasteiger partial charge >= 0.3 is 21.7 Å². The molecule has 130 valence electrons. The normalized spacial score (nSPS) is 12.8. The monoisotopic (exact) mass is 426 g/mol. The van der Waals surface area contributed by atoms with Crippen molar-refractivity contribution in [1.29, 1.82) is 0 Å². The Hall–Kier alpha value is -0.496. The average molecular weight is 428 g/mol. The first kappa shape index (κ1) is 26.7. The van der Waals surface area contributed by atoms with Crippen molar-refractivity contribution in [2.45, 2.75) is 32.6 Å². The van der Waals surface area contributed by atoms with Crippen molar-refractivity contribution in [1.82, 2.24) is 0 Å². The standard InChI is InChI=1S/C21H21.3ClH.Ti/c1-16-14-15-20(17(16)2)21(3,18-10-6-4-7-11-18)19-12-8-5-9-13-19;;;;/h4-13H,15H2,1-3H3;3*1H;/q-1;;;;+4/p-3. The van der Waals surface area contributed by atoms with Gasteiger partial charge in [0.1, 0.15) is 0 Å². The number of allylic oxidation sites excluding steroid dienone is 4. The Labute approximate surface area is 185 Å². The fourth-order valence-electron chi connectivity index (χ4n) is 3.32. The van der Waals surface area contributed by atoms with E-state index in [1.54, 1.807) is 0 Å². The third kappa shape index (κ3) is 5.03. The van der Waals surface area contributed by atoms with Gasteiger partial charge in [-0.05, 0) is 18.1 Å². The molecular formula is C21H21Cl3Ti. The van der Waals surface area contributed by atoms with Crippen LogP contribution >= 0.6 is 0 Å². The second-order valence-electron chi connectivity index (χ2n) is 5.94. The van der Waals surface area contributed by atoms with Crippen molar-refractivity contribution < 1.29 is 58.9 Å². The number of halogens is 3. The van der Waals surface area contributed by atoms with Crippen LogP contribution in [0.1, 0.15) is 38.3 Å². The zero-order valence-electron chi connectivity index (χ0n) is 14.6. The van der Waals surface area contributed by atoms with Crippen molar-refractivity contribution >= 4 is 0 Å². The number of hydrogen-bond donors (Lipinski definition) is 0. The molecule has 2 aromatic carbocycles. The van der Waals surface area contributed by atoms with Crippen molar-refractivity contribution in [2.24, 2.45) is 0 Å². The van der Waals surface area contributed by atoms with Gasteiger partial charge in [-0.25, -0.2) is 5.57 Å². The molecule has 0 atom stereocenters. The molecular weight excluding hydrogens is 406 g/mol. The first-order valence-corrected chi connectivity index (χ1v) is 7.53. The van der Waals surface area contributed by atoms with Crippen LogP contribution in [0.4, 0.5) is 0 Å². The third-order valence-electron chi connectivity index (χ3n) is 4.85. The molecule has 25 heavy (non-hydrogen) atoms. The second kappa shape index (κ2) is 11.3. The topological polar surface area (TPSA) is 0 Å². The first-order chi connectivity index (χ1) is 10.1. The second-order valence-corrected chi connectivity index (χ2v) is 5.94. The van der Waals surface area contributed by atoms with Gasteiger partial charge < -0.3 is 37.2 Å². The fraction of sp³-hybridized carbons (Fsp3) is 0.238. The van der Waals surface area contributed by atoms with Gasteiger partial charge in [-0.3, -0.25) is 6.08 Å². The van der Waals surface area contributed by atoms with Crippen molar-refractivity contribution in [3.63, 3.8) is 0 Å². The Bertz CT molecular complexity index is 667. The summed E-state index contributed by atoms with van der Waals surface area (Å²) in [4.78, 5) is 0. The third-order valence-corrected chi connectivity index (χ3v) is 4.85. The van der Waals surface area contributed by atoms with Crippen LogP contribution < -0.4 is 37.2 Å². The summed E-state index contributed by atoms with van der Waals surface area (Å²) < 4.78 is 0. The molecule has 0 spiro atoms. The summed E-state index contributed by atoms with van der Waals surface area (Å²) in [5.41, 5.74) is 6.77. The SMILES string of the molecule is CC1=[C-]CC(C(C)(c2ccccc2)c2ccccc2)=C1C.[Cl-].[Cl-].[Cl-].[Ti+4]. The molecule has 0 aliphatic heterocycles. The van der Waals surface area contributed by atoms with Crippen LogP contribution in [0.3, 0.4) is 0 Å². The molecule has 1 aliphatic rings. The summed E-state index contributed by atoms with van der Waals surface area (Å²) in [6.45, 7) is 6.74.